The van der Waals surface area contributed by atoms with E-state index in [1.165, 1.54) is 88.6 Å². The number of aromatic nitrogens is 1. The van der Waals surface area contributed by atoms with Crippen LogP contribution in [0.25, 0.3) is 60.7 Å². The maximum Gasteiger partial charge on any atom is 0.0626 e. The molecule has 2 nitrogen and oxygen atoms in total. The average Bonchev–Trinajstić information content (AvgIpc) is 3.82. The van der Waals surface area contributed by atoms with Gasteiger partial charge < -0.3 is 9.47 Å². The summed E-state index contributed by atoms with van der Waals surface area (Å²) in [5.74, 6) is 0.261. The fourth-order valence-electron chi connectivity index (χ4n) is 9.57. The first-order valence-corrected chi connectivity index (χ1v) is 21.1. The summed E-state index contributed by atoms with van der Waals surface area (Å²) >= 11 is 0. The smallest absolute Gasteiger partial charge is 0.0626 e. The molecule has 1 aromatic heterocycles. The lowest BCUT2D eigenvalue weighted by molar-refractivity contribution is 0.382. The van der Waals surface area contributed by atoms with Crippen molar-refractivity contribution in [3.05, 3.63) is 198 Å². The van der Waals surface area contributed by atoms with Crippen molar-refractivity contribution >= 4 is 43.7 Å². The number of nitrogens with zero attached hydrogens (tertiary/aromatic N) is 2. The standard InChI is InChI=1S/C56H52N2/c1-55(2,3)43-24-28-45(29-25-43)57-51(37-14-8-7-9-15-37)35-41-22-20-38(33-52(41)57)39-21-23-42-36-54(58(53(42)34-39)46-30-26-44(27-31-46)56(4,5)6)50-32-40-16-10-11-17-47(40)48-18-12-13-19-49(48)50/h7-26,28-30,32-36,42,53H,27,31H2,1-6H3. The van der Waals surface area contributed by atoms with Crippen molar-refractivity contribution in [2.45, 2.75) is 65.8 Å². The average molecular weight is 753 g/mol. The van der Waals surface area contributed by atoms with Crippen molar-refractivity contribution in [1.82, 2.24) is 9.47 Å². The lowest BCUT2D eigenvalue weighted by Gasteiger charge is -2.37. The van der Waals surface area contributed by atoms with Gasteiger partial charge in [0.05, 0.1) is 17.3 Å². The molecule has 3 aliphatic rings. The summed E-state index contributed by atoms with van der Waals surface area (Å²) in [5, 5.41) is 6.45. The maximum atomic E-state index is 2.69. The van der Waals surface area contributed by atoms with Crippen LogP contribution in [-0.4, -0.2) is 15.5 Å². The van der Waals surface area contributed by atoms with Crippen LogP contribution < -0.4 is 0 Å². The van der Waals surface area contributed by atoms with Crippen molar-refractivity contribution in [3.63, 3.8) is 0 Å². The lowest BCUT2D eigenvalue weighted by Crippen LogP contribution is -2.33. The molecule has 0 amide bonds. The van der Waals surface area contributed by atoms with Crippen LogP contribution in [0.5, 0.6) is 0 Å². The molecule has 0 saturated heterocycles. The zero-order valence-electron chi connectivity index (χ0n) is 34.6. The second-order valence-electron chi connectivity index (χ2n) is 18.6. The van der Waals surface area contributed by atoms with Gasteiger partial charge in [0.25, 0.3) is 0 Å². The number of hydrogen-bond acceptors (Lipinski definition) is 1. The number of benzene rings is 6. The van der Waals surface area contributed by atoms with Crippen LogP contribution in [0.1, 0.15) is 71.1 Å². The van der Waals surface area contributed by atoms with E-state index in [1.807, 2.05) is 0 Å². The van der Waals surface area contributed by atoms with E-state index >= 15 is 0 Å². The van der Waals surface area contributed by atoms with Gasteiger partial charge in [-0.3, -0.25) is 0 Å². The topological polar surface area (TPSA) is 8.17 Å². The van der Waals surface area contributed by atoms with Gasteiger partial charge in [-0.1, -0.05) is 181 Å². The molecule has 10 rings (SSSR count). The van der Waals surface area contributed by atoms with Crippen molar-refractivity contribution in [3.8, 4) is 16.9 Å². The normalized spacial score (nSPS) is 18.3. The molecule has 1 aliphatic heterocycles. The van der Waals surface area contributed by atoms with Gasteiger partial charge in [-0.05, 0) is 104 Å². The highest BCUT2D eigenvalue weighted by molar-refractivity contribution is 6.12. The van der Waals surface area contributed by atoms with Gasteiger partial charge in [-0.25, -0.2) is 0 Å². The van der Waals surface area contributed by atoms with E-state index in [0.717, 1.165) is 12.8 Å². The number of fused-ring (bicyclic) bond motifs is 5. The Balaban J connectivity index is 1.11. The van der Waals surface area contributed by atoms with Crippen LogP contribution in [0, 0.1) is 11.3 Å². The van der Waals surface area contributed by atoms with E-state index < -0.39 is 0 Å². The second kappa shape index (κ2) is 13.8. The predicted molar refractivity (Wildman–Crippen MR) is 248 cm³/mol. The van der Waals surface area contributed by atoms with Gasteiger partial charge in [0.15, 0.2) is 0 Å². The summed E-state index contributed by atoms with van der Waals surface area (Å²) in [4.78, 5) is 2.69. The summed E-state index contributed by atoms with van der Waals surface area (Å²) in [6.45, 7) is 13.9. The van der Waals surface area contributed by atoms with Crippen molar-refractivity contribution < 1.29 is 0 Å². The molecule has 2 unspecified atom stereocenters. The van der Waals surface area contributed by atoms with Gasteiger partial charge in [-0.15, -0.1) is 0 Å². The molecule has 2 heteroatoms. The van der Waals surface area contributed by atoms with Crippen molar-refractivity contribution in [2.75, 3.05) is 0 Å². The second-order valence-corrected chi connectivity index (χ2v) is 18.6. The largest absolute Gasteiger partial charge is 0.337 e. The Labute approximate surface area is 343 Å². The van der Waals surface area contributed by atoms with Crippen LogP contribution in [0.2, 0.25) is 0 Å². The Morgan fingerprint density at radius 3 is 2.02 bits per heavy atom. The minimum absolute atomic E-state index is 0.0907. The molecule has 2 atom stereocenters. The summed E-state index contributed by atoms with van der Waals surface area (Å²) in [6.07, 6.45) is 16.8. The van der Waals surface area contributed by atoms with Gasteiger partial charge in [-0.2, -0.15) is 0 Å². The molecule has 6 aromatic carbocycles. The van der Waals surface area contributed by atoms with Gasteiger partial charge >= 0.3 is 0 Å². The molecule has 58 heavy (non-hydrogen) atoms. The molecule has 2 heterocycles. The van der Waals surface area contributed by atoms with Crippen LogP contribution in [0.4, 0.5) is 0 Å². The zero-order valence-corrected chi connectivity index (χ0v) is 34.6. The number of hydrogen-bond donors (Lipinski definition) is 0. The third-order valence-corrected chi connectivity index (χ3v) is 12.8. The molecule has 7 aromatic rings. The monoisotopic (exact) mass is 752 g/mol. The van der Waals surface area contributed by atoms with Crippen LogP contribution in [0.3, 0.4) is 0 Å². The van der Waals surface area contributed by atoms with Crippen molar-refractivity contribution in [2.24, 2.45) is 11.3 Å². The predicted octanol–water partition coefficient (Wildman–Crippen LogP) is 14.8. The van der Waals surface area contributed by atoms with E-state index in [2.05, 4.69) is 221 Å². The van der Waals surface area contributed by atoms with Crippen molar-refractivity contribution in [1.29, 1.82) is 0 Å². The summed E-state index contributed by atoms with van der Waals surface area (Å²) < 4.78 is 2.45. The number of rotatable bonds is 5. The van der Waals surface area contributed by atoms with Gasteiger partial charge in [0.2, 0.25) is 0 Å². The van der Waals surface area contributed by atoms with E-state index in [1.54, 1.807) is 0 Å². The molecular formula is C56H52N2. The molecule has 0 radical (unpaired) electrons. The molecule has 0 saturated carbocycles. The Kier molecular flexibility index (Phi) is 8.60. The Morgan fingerprint density at radius 1 is 0.569 bits per heavy atom. The first-order chi connectivity index (χ1) is 28.0. The van der Waals surface area contributed by atoms with Gasteiger partial charge in [0.1, 0.15) is 0 Å². The van der Waals surface area contributed by atoms with Gasteiger partial charge in [0, 0.05) is 33.9 Å². The Hall–Kier alpha value is -6.12. The highest BCUT2D eigenvalue weighted by Crippen LogP contribution is 2.47. The zero-order chi connectivity index (χ0) is 39.8. The molecule has 0 spiro atoms. The summed E-state index contributed by atoms with van der Waals surface area (Å²) in [6, 6.07) is 49.8. The van der Waals surface area contributed by atoms with Crippen LogP contribution in [-0.2, 0) is 5.41 Å². The SMILES string of the molecule is CC(C)(C)C1=CC=C(N2C(c3cc4ccccc4c4ccccc34)=CC3C=CC(c4ccc5cc(-c6ccccc6)n(-c6ccc(C(C)(C)C)cc6)c5c4)=CC32)CC1. The molecule has 0 fully saturated rings. The Bertz CT molecular complexity index is 2890. The highest BCUT2D eigenvalue weighted by Gasteiger charge is 2.37. The van der Waals surface area contributed by atoms with E-state index in [4.69, 9.17) is 0 Å². The third-order valence-electron chi connectivity index (χ3n) is 12.8. The van der Waals surface area contributed by atoms with E-state index in [-0.39, 0.29) is 22.8 Å². The fourth-order valence-corrected chi connectivity index (χ4v) is 9.57. The van der Waals surface area contributed by atoms with E-state index in [9.17, 15) is 0 Å². The number of allylic oxidation sites excluding steroid dienone is 6. The third kappa shape index (κ3) is 6.27. The van der Waals surface area contributed by atoms with E-state index in [0.29, 0.717) is 0 Å². The minimum atomic E-state index is 0.0907. The molecular weight excluding hydrogens is 701 g/mol. The molecule has 0 bridgehead atoms. The Morgan fingerprint density at radius 2 is 1.29 bits per heavy atom. The molecule has 2 aliphatic carbocycles. The minimum Gasteiger partial charge on any atom is -0.337 e. The van der Waals surface area contributed by atoms with Crippen LogP contribution in [0.15, 0.2) is 181 Å². The lowest BCUT2D eigenvalue weighted by atomic mass is 9.81. The quantitative estimate of drug-likeness (QED) is 0.159. The molecule has 0 N–H and O–H groups in total. The molecule has 286 valence electrons. The maximum absolute atomic E-state index is 2.69. The highest BCUT2D eigenvalue weighted by atomic mass is 15.2. The summed E-state index contributed by atoms with van der Waals surface area (Å²) in [5.41, 5.74) is 14.5. The summed E-state index contributed by atoms with van der Waals surface area (Å²) in [7, 11) is 0. The van der Waals surface area contributed by atoms with Crippen LogP contribution >= 0.6 is 0 Å². The first kappa shape index (κ1) is 36.2. The first-order valence-electron chi connectivity index (χ1n) is 21.1. The fraction of sp³-hybridized carbons (Fsp3) is 0.214.